The molecule has 0 heterocycles. The van der Waals surface area contributed by atoms with Crippen molar-refractivity contribution in [3.05, 3.63) is 59.2 Å². The minimum atomic E-state index is 0. The number of hydrogen-bond donors (Lipinski definition) is 1. The number of rotatable bonds is 10. The molecule has 154 valence electrons. The highest BCUT2D eigenvalue weighted by Gasteiger charge is 2.31. The summed E-state index contributed by atoms with van der Waals surface area (Å²) in [6, 6.07) is 14.8. The van der Waals surface area contributed by atoms with Crippen LogP contribution in [0.2, 0.25) is 0 Å². The van der Waals surface area contributed by atoms with Crippen molar-refractivity contribution < 1.29 is 14.2 Å². The Morgan fingerprint density at radius 3 is 2.11 bits per heavy atom. The van der Waals surface area contributed by atoms with Gasteiger partial charge in [-0.05, 0) is 55.9 Å². The average molecular weight is 406 g/mol. The van der Waals surface area contributed by atoms with Crippen LogP contribution in [0.1, 0.15) is 61.4 Å². The van der Waals surface area contributed by atoms with Gasteiger partial charge in [0.05, 0.1) is 26.9 Å². The fourth-order valence-electron chi connectivity index (χ4n) is 3.43. The third-order valence-electron chi connectivity index (χ3n) is 5.24. The summed E-state index contributed by atoms with van der Waals surface area (Å²) in [5.74, 6) is 2.46. The van der Waals surface area contributed by atoms with Gasteiger partial charge in [0.15, 0.2) is 0 Å². The normalized spacial score (nSPS) is 15.4. The molecule has 0 aliphatic heterocycles. The van der Waals surface area contributed by atoms with Gasteiger partial charge in [-0.1, -0.05) is 30.3 Å². The Kier molecular flexibility index (Phi) is 8.61. The van der Waals surface area contributed by atoms with Gasteiger partial charge in [-0.25, -0.2) is 0 Å². The molecule has 0 amide bonds. The molecule has 2 unspecified atom stereocenters. The van der Waals surface area contributed by atoms with E-state index in [0.717, 1.165) is 18.0 Å². The molecule has 1 aliphatic carbocycles. The molecule has 2 atom stereocenters. The highest BCUT2D eigenvalue weighted by molar-refractivity contribution is 5.85. The van der Waals surface area contributed by atoms with Crippen molar-refractivity contribution in [1.82, 2.24) is 5.32 Å². The molecule has 0 bridgehead atoms. The minimum Gasteiger partial charge on any atom is -0.496 e. The maximum atomic E-state index is 5.95. The number of hydrogen-bond acceptors (Lipinski definition) is 4. The summed E-state index contributed by atoms with van der Waals surface area (Å²) in [7, 11) is 3.47. The summed E-state index contributed by atoms with van der Waals surface area (Å²) in [5, 5.41) is 3.54. The molecule has 1 saturated carbocycles. The summed E-state index contributed by atoms with van der Waals surface area (Å²) in [4.78, 5) is 0. The van der Waals surface area contributed by atoms with E-state index in [1.54, 1.807) is 14.2 Å². The fraction of sp³-hybridized carbons (Fsp3) is 0.478. The SMILES string of the molecule is COc1cc(C(C)NCCOC(C)c2ccccc2)cc(OC)c1C1CC1.Cl. The third-order valence-corrected chi connectivity index (χ3v) is 5.24. The van der Waals surface area contributed by atoms with Crippen LogP contribution >= 0.6 is 12.4 Å². The van der Waals surface area contributed by atoms with Crippen molar-refractivity contribution in [1.29, 1.82) is 0 Å². The molecule has 2 aromatic rings. The molecule has 0 saturated heterocycles. The second-order valence-electron chi connectivity index (χ2n) is 7.21. The highest BCUT2D eigenvalue weighted by Crippen LogP contribution is 2.49. The maximum absolute atomic E-state index is 5.95. The molecule has 1 aliphatic rings. The predicted octanol–water partition coefficient (Wildman–Crippen LogP) is 5.43. The first kappa shape index (κ1) is 22.5. The topological polar surface area (TPSA) is 39.7 Å². The summed E-state index contributed by atoms with van der Waals surface area (Å²) in [5.41, 5.74) is 3.59. The number of ether oxygens (including phenoxy) is 3. The third kappa shape index (κ3) is 5.63. The molecule has 0 spiro atoms. The Hall–Kier alpha value is -1.75. The Morgan fingerprint density at radius 2 is 1.57 bits per heavy atom. The van der Waals surface area contributed by atoms with E-state index in [4.69, 9.17) is 14.2 Å². The van der Waals surface area contributed by atoms with Crippen molar-refractivity contribution in [3.63, 3.8) is 0 Å². The molecule has 0 aromatic heterocycles. The average Bonchev–Trinajstić information content (AvgIpc) is 3.55. The molecular formula is C23H32ClNO3. The van der Waals surface area contributed by atoms with Crippen LogP contribution in [0.5, 0.6) is 11.5 Å². The van der Waals surface area contributed by atoms with E-state index in [1.807, 2.05) is 18.2 Å². The van der Waals surface area contributed by atoms with E-state index in [-0.39, 0.29) is 24.6 Å². The zero-order valence-electron chi connectivity index (χ0n) is 17.2. The molecular weight excluding hydrogens is 374 g/mol. The lowest BCUT2D eigenvalue weighted by Crippen LogP contribution is -2.24. The smallest absolute Gasteiger partial charge is 0.126 e. The van der Waals surface area contributed by atoms with Gasteiger partial charge >= 0.3 is 0 Å². The molecule has 1 N–H and O–H groups in total. The van der Waals surface area contributed by atoms with Crippen LogP contribution in [0.3, 0.4) is 0 Å². The van der Waals surface area contributed by atoms with E-state index in [9.17, 15) is 0 Å². The Morgan fingerprint density at radius 1 is 0.964 bits per heavy atom. The lowest BCUT2D eigenvalue weighted by Gasteiger charge is -2.20. The minimum absolute atomic E-state index is 0. The lowest BCUT2D eigenvalue weighted by atomic mass is 10.0. The monoisotopic (exact) mass is 405 g/mol. The number of nitrogens with one attached hydrogen (secondary N) is 1. The zero-order valence-corrected chi connectivity index (χ0v) is 18.1. The van der Waals surface area contributed by atoms with Gasteiger partial charge in [-0.15, -0.1) is 12.4 Å². The molecule has 4 nitrogen and oxygen atoms in total. The van der Waals surface area contributed by atoms with E-state index in [2.05, 4.69) is 43.4 Å². The van der Waals surface area contributed by atoms with Crippen LogP contribution in [0, 0.1) is 0 Å². The van der Waals surface area contributed by atoms with Gasteiger partial charge < -0.3 is 19.5 Å². The van der Waals surface area contributed by atoms with E-state index in [1.165, 1.54) is 29.5 Å². The van der Waals surface area contributed by atoms with Crippen molar-refractivity contribution in [2.45, 2.75) is 44.8 Å². The predicted molar refractivity (Wildman–Crippen MR) is 116 cm³/mol. The summed E-state index contributed by atoms with van der Waals surface area (Å²) >= 11 is 0. The van der Waals surface area contributed by atoms with Gasteiger partial charge in [0.25, 0.3) is 0 Å². The van der Waals surface area contributed by atoms with Gasteiger partial charge in [0.2, 0.25) is 0 Å². The number of halogens is 1. The van der Waals surface area contributed by atoms with Crippen molar-refractivity contribution in [2.75, 3.05) is 27.4 Å². The lowest BCUT2D eigenvalue weighted by molar-refractivity contribution is 0.0666. The van der Waals surface area contributed by atoms with Crippen LogP contribution in [0.15, 0.2) is 42.5 Å². The van der Waals surface area contributed by atoms with Crippen molar-refractivity contribution >= 4 is 12.4 Å². The Balaban J connectivity index is 0.00000280. The molecule has 0 radical (unpaired) electrons. The summed E-state index contributed by atoms with van der Waals surface area (Å²) in [6.07, 6.45) is 2.54. The molecule has 3 rings (SSSR count). The van der Waals surface area contributed by atoms with E-state index < -0.39 is 0 Å². The molecule has 2 aromatic carbocycles. The van der Waals surface area contributed by atoms with Gasteiger partial charge in [-0.2, -0.15) is 0 Å². The maximum Gasteiger partial charge on any atom is 0.126 e. The fourth-order valence-corrected chi connectivity index (χ4v) is 3.43. The standard InChI is InChI=1S/C23H31NO3.ClH/c1-16(24-12-13-27-17(2)18-8-6-5-7-9-18)20-14-21(25-3)23(19-10-11-19)22(15-20)26-4;/h5-9,14-17,19,24H,10-13H2,1-4H3;1H. The van der Waals surface area contributed by atoms with Gasteiger partial charge in [0.1, 0.15) is 11.5 Å². The van der Waals surface area contributed by atoms with Crippen LogP contribution in [-0.2, 0) is 4.74 Å². The molecule has 5 heteroatoms. The zero-order chi connectivity index (χ0) is 19.2. The van der Waals surface area contributed by atoms with Gasteiger partial charge in [-0.3, -0.25) is 0 Å². The second-order valence-corrected chi connectivity index (χ2v) is 7.21. The number of methoxy groups -OCH3 is 2. The van der Waals surface area contributed by atoms with Crippen LogP contribution < -0.4 is 14.8 Å². The van der Waals surface area contributed by atoms with Gasteiger partial charge in [0, 0.05) is 18.2 Å². The first-order chi connectivity index (χ1) is 13.1. The Bertz CT molecular complexity index is 709. The molecule has 1 fully saturated rings. The first-order valence-electron chi connectivity index (χ1n) is 9.79. The Labute approximate surface area is 175 Å². The van der Waals surface area contributed by atoms with Crippen LogP contribution in [0.25, 0.3) is 0 Å². The quantitative estimate of drug-likeness (QED) is 0.535. The summed E-state index contributed by atoms with van der Waals surface area (Å²) in [6.45, 7) is 5.69. The van der Waals surface area contributed by atoms with E-state index in [0.29, 0.717) is 12.5 Å². The largest absolute Gasteiger partial charge is 0.496 e. The van der Waals surface area contributed by atoms with Crippen LogP contribution in [0.4, 0.5) is 0 Å². The van der Waals surface area contributed by atoms with E-state index >= 15 is 0 Å². The molecule has 28 heavy (non-hydrogen) atoms. The first-order valence-corrected chi connectivity index (χ1v) is 9.79. The van der Waals surface area contributed by atoms with Crippen LogP contribution in [-0.4, -0.2) is 27.4 Å². The summed E-state index contributed by atoms with van der Waals surface area (Å²) < 4.78 is 17.3. The van der Waals surface area contributed by atoms with Crippen molar-refractivity contribution in [2.24, 2.45) is 0 Å². The highest BCUT2D eigenvalue weighted by atomic mass is 35.5. The second kappa shape index (κ2) is 10.7. The number of benzene rings is 2. The van der Waals surface area contributed by atoms with Crippen molar-refractivity contribution in [3.8, 4) is 11.5 Å².